The maximum absolute atomic E-state index is 9.49. The van der Waals surface area contributed by atoms with E-state index in [1.165, 1.54) is 0 Å². The maximum Gasteiger partial charge on any atom is 0.123 e. The van der Waals surface area contributed by atoms with E-state index in [4.69, 9.17) is 4.74 Å². The number of hydrogen-bond donors (Lipinski definition) is 1. The summed E-state index contributed by atoms with van der Waals surface area (Å²) in [6.07, 6.45) is -0.351. The zero-order valence-electron chi connectivity index (χ0n) is 7.33. The van der Waals surface area contributed by atoms with Gasteiger partial charge in [-0.1, -0.05) is 15.9 Å². The average molecular weight is 243 g/mol. The predicted octanol–water partition coefficient (Wildman–Crippen LogP) is 2.31. The Bertz CT molecular complexity index is 323. The van der Waals surface area contributed by atoms with E-state index in [0.29, 0.717) is 6.61 Å². The minimum Gasteiger partial charge on any atom is -0.493 e. The SMILES string of the molecule is CC(O)C1COc2ccc(Br)cc21. The number of halogens is 1. The summed E-state index contributed by atoms with van der Waals surface area (Å²) >= 11 is 3.40. The van der Waals surface area contributed by atoms with Gasteiger partial charge >= 0.3 is 0 Å². The largest absolute Gasteiger partial charge is 0.493 e. The lowest BCUT2D eigenvalue weighted by Crippen LogP contribution is -2.15. The van der Waals surface area contributed by atoms with Gasteiger partial charge in [-0.2, -0.15) is 0 Å². The first kappa shape index (κ1) is 9.03. The molecule has 1 aromatic rings. The number of benzene rings is 1. The zero-order chi connectivity index (χ0) is 9.42. The minimum atomic E-state index is -0.351. The summed E-state index contributed by atoms with van der Waals surface area (Å²) in [5.74, 6) is 1.02. The van der Waals surface area contributed by atoms with E-state index >= 15 is 0 Å². The summed E-state index contributed by atoms with van der Waals surface area (Å²) in [4.78, 5) is 0. The smallest absolute Gasteiger partial charge is 0.123 e. The first-order chi connectivity index (χ1) is 6.18. The minimum absolute atomic E-state index is 0.118. The molecule has 13 heavy (non-hydrogen) atoms. The van der Waals surface area contributed by atoms with Crippen molar-refractivity contribution in [3.63, 3.8) is 0 Å². The lowest BCUT2D eigenvalue weighted by molar-refractivity contribution is 0.146. The molecule has 70 valence electrons. The molecule has 0 aromatic heterocycles. The van der Waals surface area contributed by atoms with E-state index in [1.54, 1.807) is 6.92 Å². The van der Waals surface area contributed by atoms with E-state index in [1.807, 2.05) is 18.2 Å². The fraction of sp³-hybridized carbons (Fsp3) is 0.400. The molecule has 0 amide bonds. The van der Waals surface area contributed by atoms with Crippen LogP contribution >= 0.6 is 15.9 Å². The molecule has 0 aliphatic carbocycles. The molecule has 0 fully saturated rings. The maximum atomic E-state index is 9.49. The fourth-order valence-electron chi connectivity index (χ4n) is 1.61. The van der Waals surface area contributed by atoms with Gasteiger partial charge in [0.2, 0.25) is 0 Å². The topological polar surface area (TPSA) is 29.5 Å². The van der Waals surface area contributed by atoms with Crippen molar-refractivity contribution in [1.29, 1.82) is 0 Å². The highest BCUT2D eigenvalue weighted by Gasteiger charge is 2.27. The first-order valence-corrected chi connectivity index (χ1v) is 5.08. The Balaban J connectivity index is 2.40. The van der Waals surface area contributed by atoms with Crippen LogP contribution in [0.25, 0.3) is 0 Å². The van der Waals surface area contributed by atoms with Crippen molar-refractivity contribution in [2.24, 2.45) is 0 Å². The molecule has 1 aliphatic rings. The molecular formula is C10H11BrO2. The van der Waals surface area contributed by atoms with Gasteiger partial charge < -0.3 is 9.84 Å². The second kappa shape index (κ2) is 3.31. The predicted molar refractivity (Wildman–Crippen MR) is 54.1 cm³/mol. The normalized spacial score (nSPS) is 22.2. The van der Waals surface area contributed by atoms with E-state index < -0.39 is 0 Å². The monoisotopic (exact) mass is 242 g/mol. The highest BCUT2D eigenvalue weighted by Crippen LogP contribution is 2.37. The fourth-order valence-corrected chi connectivity index (χ4v) is 1.99. The Morgan fingerprint density at radius 3 is 3.08 bits per heavy atom. The van der Waals surface area contributed by atoms with Gasteiger partial charge in [-0.3, -0.25) is 0 Å². The summed E-state index contributed by atoms with van der Waals surface area (Å²) in [5, 5.41) is 9.49. The summed E-state index contributed by atoms with van der Waals surface area (Å²) < 4.78 is 6.48. The molecule has 2 nitrogen and oxygen atoms in total. The summed E-state index contributed by atoms with van der Waals surface area (Å²) in [7, 11) is 0. The molecule has 2 unspecified atom stereocenters. The van der Waals surface area contributed by atoms with E-state index in [-0.39, 0.29) is 12.0 Å². The highest BCUT2D eigenvalue weighted by molar-refractivity contribution is 9.10. The number of hydrogen-bond acceptors (Lipinski definition) is 2. The molecule has 2 rings (SSSR count). The van der Waals surface area contributed by atoms with E-state index in [9.17, 15) is 5.11 Å². The third-order valence-corrected chi connectivity index (χ3v) is 2.87. The lowest BCUT2D eigenvalue weighted by atomic mass is 9.97. The molecule has 1 aliphatic heterocycles. The van der Waals surface area contributed by atoms with Gasteiger partial charge in [-0.25, -0.2) is 0 Å². The Labute approximate surface area is 85.7 Å². The Morgan fingerprint density at radius 2 is 2.38 bits per heavy atom. The lowest BCUT2D eigenvalue weighted by Gasteiger charge is -2.11. The summed E-state index contributed by atoms with van der Waals surface area (Å²) in [6.45, 7) is 2.38. The van der Waals surface area contributed by atoms with Crippen LogP contribution in [0.2, 0.25) is 0 Å². The Hall–Kier alpha value is -0.540. The molecule has 2 atom stereocenters. The third-order valence-electron chi connectivity index (χ3n) is 2.37. The number of aliphatic hydroxyl groups excluding tert-OH is 1. The molecule has 1 aromatic carbocycles. The van der Waals surface area contributed by atoms with Gasteiger partial charge in [0.05, 0.1) is 12.7 Å². The highest BCUT2D eigenvalue weighted by atomic mass is 79.9. The van der Waals surface area contributed by atoms with E-state index in [0.717, 1.165) is 15.8 Å². The van der Waals surface area contributed by atoms with Crippen LogP contribution in [-0.4, -0.2) is 17.8 Å². The summed E-state index contributed by atoms with van der Waals surface area (Å²) in [5.41, 5.74) is 1.10. The molecule has 1 N–H and O–H groups in total. The standard InChI is InChI=1S/C10H11BrO2/c1-6(12)9-5-13-10-3-2-7(11)4-8(9)10/h2-4,6,9,12H,5H2,1H3. The molecule has 0 bridgehead atoms. The first-order valence-electron chi connectivity index (χ1n) is 4.29. The quantitative estimate of drug-likeness (QED) is 0.820. The Kier molecular flexibility index (Phi) is 2.30. The molecule has 0 radical (unpaired) electrons. The van der Waals surface area contributed by atoms with Crippen LogP contribution in [0.4, 0.5) is 0 Å². The molecule has 0 saturated heterocycles. The van der Waals surface area contributed by atoms with Crippen LogP contribution in [0.5, 0.6) is 5.75 Å². The zero-order valence-corrected chi connectivity index (χ0v) is 8.91. The molecular weight excluding hydrogens is 232 g/mol. The van der Waals surface area contributed by atoms with Crippen LogP contribution in [0.3, 0.4) is 0 Å². The Morgan fingerprint density at radius 1 is 1.62 bits per heavy atom. The molecule has 0 spiro atoms. The summed E-state index contributed by atoms with van der Waals surface area (Å²) in [6, 6.07) is 5.89. The third kappa shape index (κ3) is 1.58. The second-order valence-corrected chi connectivity index (χ2v) is 4.26. The van der Waals surface area contributed by atoms with Crippen LogP contribution in [0.1, 0.15) is 18.4 Å². The van der Waals surface area contributed by atoms with Crippen molar-refractivity contribution in [3.8, 4) is 5.75 Å². The van der Waals surface area contributed by atoms with Crippen molar-refractivity contribution in [1.82, 2.24) is 0 Å². The van der Waals surface area contributed by atoms with Crippen LogP contribution in [-0.2, 0) is 0 Å². The van der Waals surface area contributed by atoms with Crippen molar-refractivity contribution in [2.75, 3.05) is 6.61 Å². The van der Waals surface area contributed by atoms with Crippen molar-refractivity contribution in [3.05, 3.63) is 28.2 Å². The van der Waals surface area contributed by atoms with Crippen LogP contribution in [0, 0.1) is 0 Å². The van der Waals surface area contributed by atoms with Crippen molar-refractivity contribution in [2.45, 2.75) is 18.9 Å². The van der Waals surface area contributed by atoms with Gasteiger partial charge in [0.1, 0.15) is 5.75 Å². The van der Waals surface area contributed by atoms with Gasteiger partial charge in [-0.05, 0) is 25.1 Å². The van der Waals surface area contributed by atoms with Gasteiger partial charge in [0.25, 0.3) is 0 Å². The number of rotatable bonds is 1. The van der Waals surface area contributed by atoms with E-state index in [2.05, 4.69) is 15.9 Å². The van der Waals surface area contributed by atoms with Gasteiger partial charge in [-0.15, -0.1) is 0 Å². The van der Waals surface area contributed by atoms with Gasteiger partial charge in [0, 0.05) is 16.0 Å². The second-order valence-electron chi connectivity index (χ2n) is 3.34. The molecule has 0 saturated carbocycles. The number of aliphatic hydroxyl groups is 1. The molecule has 3 heteroatoms. The van der Waals surface area contributed by atoms with Crippen LogP contribution < -0.4 is 4.74 Å². The number of ether oxygens (including phenoxy) is 1. The average Bonchev–Trinajstić information content (AvgIpc) is 2.46. The number of fused-ring (bicyclic) bond motifs is 1. The van der Waals surface area contributed by atoms with Crippen molar-refractivity contribution >= 4 is 15.9 Å². The van der Waals surface area contributed by atoms with Crippen molar-refractivity contribution < 1.29 is 9.84 Å². The van der Waals surface area contributed by atoms with Gasteiger partial charge in [0.15, 0.2) is 0 Å². The molecule has 1 heterocycles. The van der Waals surface area contributed by atoms with Crippen LogP contribution in [0.15, 0.2) is 22.7 Å².